The zero-order valence-corrected chi connectivity index (χ0v) is 21.2. The van der Waals surface area contributed by atoms with Crippen molar-refractivity contribution in [2.24, 2.45) is 0 Å². The minimum absolute atomic E-state index is 0.0428. The number of anilines is 2. The number of aromatic nitrogens is 4. The summed E-state index contributed by atoms with van der Waals surface area (Å²) in [6, 6.07) is 14.4. The molecule has 0 saturated carbocycles. The first-order chi connectivity index (χ1) is 16.8. The second-order valence-electron chi connectivity index (χ2n) is 8.84. The Morgan fingerprint density at radius 2 is 1.80 bits per heavy atom. The van der Waals surface area contributed by atoms with Crippen LogP contribution in [0.1, 0.15) is 52.6 Å². The van der Waals surface area contributed by atoms with Crippen molar-refractivity contribution in [3.05, 3.63) is 76.6 Å². The SMILES string of the molecule is CCn1nc(-c2ccc(-c3ccc(C)nc3)c(C)c2)nc1Nc1cc(C(C)NC)c(C=O)cc1C. The molecule has 0 amide bonds. The normalized spacial score (nSPS) is 11.9. The quantitative estimate of drug-likeness (QED) is 0.319. The lowest BCUT2D eigenvalue weighted by Crippen LogP contribution is -2.15. The molecule has 0 radical (unpaired) electrons. The number of benzene rings is 2. The van der Waals surface area contributed by atoms with Crippen LogP contribution < -0.4 is 10.6 Å². The van der Waals surface area contributed by atoms with Crippen LogP contribution in [-0.4, -0.2) is 33.1 Å². The maximum atomic E-state index is 11.6. The molecule has 0 aliphatic carbocycles. The Balaban J connectivity index is 1.67. The Kier molecular flexibility index (Phi) is 7.07. The van der Waals surface area contributed by atoms with E-state index in [-0.39, 0.29) is 6.04 Å². The van der Waals surface area contributed by atoms with Crippen LogP contribution in [0.5, 0.6) is 0 Å². The average Bonchev–Trinajstić information content (AvgIpc) is 3.28. The van der Waals surface area contributed by atoms with Crippen molar-refractivity contribution in [2.45, 2.75) is 47.2 Å². The summed E-state index contributed by atoms with van der Waals surface area (Å²) in [6.45, 7) is 10.8. The van der Waals surface area contributed by atoms with Crippen LogP contribution in [0.2, 0.25) is 0 Å². The molecule has 2 N–H and O–H groups in total. The third kappa shape index (κ3) is 5.00. The lowest BCUT2D eigenvalue weighted by Gasteiger charge is -2.17. The maximum Gasteiger partial charge on any atom is 0.226 e. The van der Waals surface area contributed by atoms with Crippen molar-refractivity contribution in [1.82, 2.24) is 25.1 Å². The highest BCUT2D eigenvalue weighted by atomic mass is 16.1. The van der Waals surface area contributed by atoms with E-state index in [0.717, 1.165) is 51.0 Å². The van der Waals surface area contributed by atoms with Crippen LogP contribution in [0.4, 0.5) is 11.6 Å². The van der Waals surface area contributed by atoms with E-state index in [2.05, 4.69) is 46.8 Å². The van der Waals surface area contributed by atoms with Gasteiger partial charge in [0.1, 0.15) is 6.29 Å². The molecule has 0 fully saturated rings. The fourth-order valence-electron chi connectivity index (χ4n) is 4.17. The molecule has 4 aromatic rings. The third-order valence-corrected chi connectivity index (χ3v) is 6.38. The molecule has 2 heterocycles. The molecule has 35 heavy (non-hydrogen) atoms. The van der Waals surface area contributed by atoms with Gasteiger partial charge in [0.05, 0.1) is 0 Å². The van der Waals surface area contributed by atoms with Gasteiger partial charge in [0, 0.05) is 46.9 Å². The van der Waals surface area contributed by atoms with E-state index in [1.54, 1.807) is 0 Å². The van der Waals surface area contributed by atoms with Gasteiger partial charge in [0.15, 0.2) is 5.82 Å². The largest absolute Gasteiger partial charge is 0.324 e. The van der Waals surface area contributed by atoms with Gasteiger partial charge in [-0.1, -0.05) is 18.2 Å². The molecule has 2 aromatic carbocycles. The number of hydrogen-bond acceptors (Lipinski definition) is 6. The Morgan fingerprint density at radius 3 is 2.43 bits per heavy atom. The Morgan fingerprint density at radius 1 is 1.03 bits per heavy atom. The van der Waals surface area contributed by atoms with Crippen LogP contribution in [0.25, 0.3) is 22.5 Å². The molecular weight excluding hydrogens is 436 g/mol. The number of nitrogens with one attached hydrogen (secondary N) is 2. The molecule has 1 unspecified atom stereocenters. The lowest BCUT2D eigenvalue weighted by atomic mass is 9.98. The first-order valence-corrected chi connectivity index (χ1v) is 11.9. The lowest BCUT2D eigenvalue weighted by molar-refractivity contribution is 0.112. The predicted octanol–water partition coefficient (Wildman–Crippen LogP) is 5.79. The van der Waals surface area contributed by atoms with Crippen molar-refractivity contribution < 1.29 is 4.79 Å². The van der Waals surface area contributed by atoms with Crippen LogP contribution in [0.15, 0.2) is 48.7 Å². The number of aryl methyl sites for hydroxylation is 4. The van der Waals surface area contributed by atoms with Crippen LogP contribution >= 0.6 is 0 Å². The molecular formula is C28H32N6O. The topological polar surface area (TPSA) is 84.7 Å². The Hall–Kier alpha value is -3.84. The molecule has 0 saturated heterocycles. The van der Waals surface area contributed by atoms with Gasteiger partial charge in [-0.25, -0.2) is 4.68 Å². The van der Waals surface area contributed by atoms with Crippen molar-refractivity contribution in [1.29, 1.82) is 0 Å². The highest BCUT2D eigenvalue weighted by molar-refractivity contribution is 5.80. The zero-order valence-electron chi connectivity index (χ0n) is 21.2. The Bertz CT molecular complexity index is 1360. The zero-order chi connectivity index (χ0) is 25.1. The van der Waals surface area contributed by atoms with E-state index in [1.807, 2.05) is 63.8 Å². The molecule has 1 atom stereocenters. The van der Waals surface area contributed by atoms with E-state index in [4.69, 9.17) is 10.1 Å². The molecule has 0 aliphatic heterocycles. The fourth-order valence-corrected chi connectivity index (χ4v) is 4.17. The van der Waals surface area contributed by atoms with Crippen LogP contribution in [-0.2, 0) is 6.54 Å². The summed E-state index contributed by atoms with van der Waals surface area (Å²) < 4.78 is 1.86. The number of pyridine rings is 1. The monoisotopic (exact) mass is 468 g/mol. The van der Waals surface area contributed by atoms with Gasteiger partial charge in [-0.05, 0) is 88.2 Å². The summed E-state index contributed by atoms with van der Waals surface area (Å²) >= 11 is 0. The minimum atomic E-state index is 0.0428. The smallest absolute Gasteiger partial charge is 0.226 e. The second kappa shape index (κ2) is 10.2. The maximum absolute atomic E-state index is 11.6. The molecule has 2 aromatic heterocycles. The number of carbonyl (C=O) groups excluding carboxylic acids is 1. The van der Waals surface area contributed by atoms with E-state index in [1.165, 1.54) is 0 Å². The van der Waals surface area contributed by atoms with Gasteiger partial charge in [-0.15, -0.1) is 5.10 Å². The van der Waals surface area contributed by atoms with Crippen molar-refractivity contribution >= 4 is 17.9 Å². The molecule has 7 nitrogen and oxygen atoms in total. The van der Waals surface area contributed by atoms with Gasteiger partial charge in [-0.3, -0.25) is 9.78 Å². The van der Waals surface area contributed by atoms with E-state index in [0.29, 0.717) is 23.9 Å². The summed E-state index contributed by atoms with van der Waals surface area (Å²) in [5, 5.41) is 11.4. The van der Waals surface area contributed by atoms with E-state index >= 15 is 0 Å². The molecule has 0 spiro atoms. The first kappa shape index (κ1) is 24.3. The fraction of sp³-hybridized carbons (Fsp3) is 0.286. The van der Waals surface area contributed by atoms with E-state index < -0.39 is 0 Å². The molecule has 0 aliphatic rings. The Labute approximate surface area is 206 Å². The third-order valence-electron chi connectivity index (χ3n) is 6.38. The van der Waals surface area contributed by atoms with Crippen molar-refractivity contribution in [3.63, 3.8) is 0 Å². The number of rotatable bonds is 8. The van der Waals surface area contributed by atoms with Gasteiger partial charge >= 0.3 is 0 Å². The van der Waals surface area contributed by atoms with Gasteiger partial charge in [0.25, 0.3) is 0 Å². The summed E-state index contributed by atoms with van der Waals surface area (Å²) in [5.74, 6) is 1.33. The molecule has 0 bridgehead atoms. The predicted molar refractivity (Wildman–Crippen MR) is 141 cm³/mol. The standard InChI is InChI=1S/C28H32N6O/c1-7-34-28(31-26-14-25(20(5)29-6)23(16-35)13-18(26)3)32-27(33-34)21-10-11-24(17(2)12-21)22-9-8-19(4)30-15-22/h8-16,20,29H,7H2,1-6H3,(H,31,32,33). The number of carbonyl (C=O) groups is 1. The highest BCUT2D eigenvalue weighted by Gasteiger charge is 2.16. The summed E-state index contributed by atoms with van der Waals surface area (Å²) in [5.41, 5.74) is 8.84. The van der Waals surface area contributed by atoms with Crippen LogP contribution in [0, 0.1) is 20.8 Å². The number of hydrogen-bond donors (Lipinski definition) is 2. The summed E-state index contributed by atoms with van der Waals surface area (Å²) in [6.07, 6.45) is 2.82. The molecule has 7 heteroatoms. The number of aldehydes is 1. The van der Waals surface area contributed by atoms with Crippen molar-refractivity contribution in [3.8, 4) is 22.5 Å². The second-order valence-corrected chi connectivity index (χ2v) is 8.84. The van der Waals surface area contributed by atoms with Gasteiger partial charge in [0.2, 0.25) is 5.95 Å². The van der Waals surface area contributed by atoms with Crippen molar-refractivity contribution in [2.75, 3.05) is 12.4 Å². The highest BCUT2D eigenvalue weighted by Crippen LogP contribution is 2.30. The minimum Gasteiger partial charge on any atom is -0.324 e. The van der Waals surface area contributed by atoms with Crippen LogP contribution in [0.3, 0.4) is 0 Å². The van der Waals surface area contributed by atoms with E-state index in [9.17, 15) is 4.79 Å². The molecule has 4 rings (SSSR count). The van der Waals surface area contributed by atoms with Gasteiger partial charge in [-0.2, -0.15) is 4.98 Å². The summed E-state index contributed by atoms with van der Waals surface area (Å²) in [7, 11) is 1.88. The average molecular weight is 469 g/mol. The molecule has 180 valence electrons. The van der Waals surface area contributed by atoms with Gasteiger partial charge < -0.3 is 10.6 Å². The first-order valence-electron chi connectivity index (χ1n) is 11.9. The summed E-state index contributed by atoms with van der Waals surface area (Å²) in [4.78, 5) is 20.9. The number of nitrogens with zero attached hydrogens (tertiary/aromatic N) is 4.